The lowest BCUT2D eigenvalue weighted by Crippen LogP contribution is -2.18. The Morgan fingerprint density at radius 1 is 1.08 bits per heavy atom. The third kappa shape index (κ3) is 4.74. The molecule has 1 heterocycles. The Balaban J connectivity index is 1.62. The first-order valence-electron chi connectivity index (χ1n) is 7.29. The average molecular weight is 379 g/mol. The van der Waals surface area contributed by atoms with E-state index in [4.69, 9.17) is 23.8 Å². The lowest BCUT2D eigenvalue weighted by Gasteiger charge is -2.09. The van der Waals surface area contributed by atoms with Crippen molar-refractivity contribution in [1.29, 1.82) is 0 Å². The van der Waals surface area contributed by atoms with Crippen LogP contribution in [0.1, 0.15) is 5.56 Å². The molecule has 3 rings (SSSR count). The van der Waals surface area contributed by atoms with Crippen LogP contribution in [-0.2, 0) is 6.54 Å². The molecule has 0 saturated heterocycles. The first kappa shape index (κ1) is 17.3. The first-order chi connectivity index (χ1) is 12.0. The molecule has 0 fully saturated rings. The van der Waals surface area contributed by atoms with Gasteiger partial charge in [0, 0.05) is 16.9 Å². The van der Waals surface area contributed by atoms with E-state index in [1.807, 2.05) is 0 Å². The molecule has 0 aliphatic heterocycles. The highest BCUT2D eigenvalue weighted by molar-refractivity contribution is 7.80. The van der Waals surface area contributed by atoms with Crippen molar-refractivity contribution < 1.29 is 8.78 Å². The number of halogens is 3. The van der Waals surface area contributed by atoms with Gasteiger partial charge in [0.1, 0.15) is 11.6 Å². The maximum Gasteiger partial charge on any atom is 0.175 e. The summed E-state index contributed by atoms with van der Waals surface area (Å²) >= 11 is 11.2. The van der Waals surface area contributed by atoms with Crippen molar-refractivity contribution in [3.63, 3.8) is 0 Å². The van der Waals surface area contributed by atoms with Gasteiger partial charge in [-0.05, 0) is 48.1 Å². The lowest BCUT2D eigenvalue weighted by molar-refractivity contribution is 0.624. The Morgan fingerprint density at radius 2 is 1.84 bits per heavy atom. The van der Waals surface area contributed by atoms with Crippen LogP contribution in [0, 0.1) is 11.6 Å². The van der Waals surface area contributed by atoms with Crippen LogP contribution >= 0.6 is 23.8 Å². The molecule has 2 N–H and O–H groups in total. The minimum absolute atomic E-state index is 0.310. The lowest BCUT2D eigenvalue weighted by atomic mass is 10.2. The number of hydrogen-bond donors (Lipinski definition) is 2. The summed E-state index contributed by atoms with van der Waals surface area (Å²) in [7, 11) is 0. The first-order valence-corrected chi connectivity index (χ1v) is 8.08. The molecule has 25 heavy (non-hydrogen) atoms. The summed E-state index contributed by atoms with van der Waals surface area (Å²) < 4.78 is 27.9. The Bertz CT molecular complexity index is 913. The number of nitrogens with one attached hydrogen (secondary N) is 2. The van der Waals surface area contributed by atoms with Crippen LogP contribution in [0.4, 0.5) is 20.2 Å². The van der Waals surface area contributed by atoms with Gasteiger partial charge in [0.05, 0.1) is 18.4 Å². The molecule has 2 aromatic carbocycles. The van der Waals surface area contributed by atoms with Gasteiger partial charge in [0.15, 0.2) is 5.11 Å². The second-order valence-electron chi connectivity index (χ2n) is 5.25. The van der Waals surface area contributed by atoms with Crippen molar-refractivity contribution in [3.05, 3.63) is 77.1 Å². The second-order valence-corrected chi connectivity index (χ2v) is 6.07. The predicted octanol–water partition coefficient (Wildman–Crippen LogP) is 4.67. The zero-order chi connectivity index (χ0) is 17.8. The molecule has 8 heteroatoms. The average Bonchev–Trinajstić information content (AvgIpc) is 2.97. The van der Waals surface area contributed by atoms with E-state index in [1.54, 1.807) is 35.3 Å². The summed E-state index contributed by atoms with van der Waals surface area (Å²) in [6, 6.07) is 10.2. The molecular weight excluding hydrogens is 366 g/mol. The minimum Gasteiger partial charge on any atom is -0.332 e. The van der Waals surface area contributed by atoms with Gasteiger partial charge in [-0.1, -0.05) is 23.7 Å². The van der Waals surface area contributed by atoms with Crippen molar-refractivity contribution in [2.45, 2.75) is 6.54 Å². The van der Waals surface area contributed by atoms with E-state index in [2.05, 4.69) is 15.7 Å². The van der Waals surface area contributed by atoms with Gasteiger partial charge in [0.2, 0.25) is 0 Å². The van der Waals surface area contributed by atoms with Gasteiger partial charge in [-0.2, -0.15) is 5.10 Å². The molecule has 0 aliphatic carbocycles. The van der Waals surface area contributed by atoms with Crippen molar-refractivity contribution in [1.82, 2.24) is 9.78 Å². The van der Waals surface area contributed by atoms with E-state index in [9.17, 15) is 8.78 Å². The van der Waals surface area contributed by atoms with E-state index in [1.165, 1.54) is 24.3 Å². The largest absolute Gasteiger partial charge is 0.332 e. The quantitative estimate of drug-likeness (QED) is 0.647. The molecule has 3 aromatic rings. The van der Waals surface area contributed by atoms with Crippen molar-refractivity contribution in [2.24, 2.45) is 0 Å². The third-order valence-electron chi connectivity index (χ3n) is 3.32. The molecule has 0 aliphatic rings. The number of anilines is 2. The van der Waals surface area contributed by atoms with Crippen molar-refractivity contribution in [3.8, 4) is 0 Å². The normalized spacial score (nSPS) is 10.5. The predicted molar refractivity (Wildman–Crippen MR) is 99.0 cm³/mol. The number of rotatable bonds is 4. The molecular formula is C17H13ClF2N4S. The molecule has 0 amide bonds. The SMILES string of the molecule is Fc1cccc(NC(=S)Nc2cnn(Cc3ccc(F)cc3Cl)c2)c1. The fourth-order valence-electron chi connectivity index (χ4n) is 2.20. The number of benzene rings is 2. The molecule has 0 radical (unpaired) electrons. The van der Waals surface area contributed by atoms with Gasteiger partial charge in [-0.25, -0.2) is 8.78 Å². The summed E-state index contributed by atoms with van der Waals surface area (Å²) in [6.07, 6.45) is 3.33. The van der Waals surface area contributed by atoms with Crippen LogP contribution in [0.5, 0.6) is 0 Å². The van der Waals surface area contributed by atoms with Gasteiger partial charge in [-0.15, -0.1) is 0 Å². The van der Waals surface area contributed by atoms with E-state index in [0.717, 1.165) is 5.56 Å². The van der Waals surface area contributed by atoms with Crippen LogP contribution in [0.2, 0.25) is 5.02 Å². The summed E-state index contributed by atoms with van der Waals surface area (Å²) in [5.74, 6) is -0.734. The molecule has 0 spiro atoms. The van der Waals surface area contributed by atoms with Crippen LogP contribution < -0.4 is 10.6 Å². The highest BCUT2D eigenvalue weighted by Gasteiger charge is 2.06. The molecule has 128 valence electrons. The summed E-state index contributed by atoms with van der Waals surface area (Å²) in [6.45, 7) is 0.394. The topological polar surface area (TPSA) is 41.9 Å². The molecule has 0 unspecified atom stereocenters. The Hall–Kier alpha value is -2.51. The van der Waals surface area contributed by atoms with Gasteiger partial charge >= 0.3 is 0 Å². The Morgan fingerprint density at radius 3 is 2.60 bits per heavy atom. The summed E-state index contributed by atoms with van der Waals surface area (Å²) in [5, 5.41) is 10.7. The van der Waals surface area contributed by atoms with Crippen LogP contribution in [0.15, 0.2) is 54.9 Å². The van der Waals surface area contributed by atoms with E-state index in [0.29, 0.717) is 28.1 Å². The second kappa shape index (κ2) is 7.58. The van der Waals surface area contributed by atoms with Gasteiger partial charge in [0.25, 0.3) is 0 Å². The van der Waals surface area contributed by atoms with Crippen LogP contribution in [0.25, 0.3) is 0 Å². The Labute approximate surface area is 153 Å². The number of hydrogen-bond acceptors (Lipinski definition) is 2. The standard InChI is InChI=1S/C17H13ClF2N4S/c18-16-7-13(20)5-4-11(16)9-24-10-15(8-21-24)23-17(25)22-14-3-1-2-12(19)6-14/h1-8,10H,9H2,(H2,22,23,25). The highest BCUT2D eigenvalue weighted by atomic mass is 35.5. The molecule has 0 atom stereocenters. The van der Waals surface area contributed by atoms with Crippen LogP contribution in [-0.4, -0.2) is 14.9 Å². The monoisotopic (exact) mass is 378 g/mol. The number of nitrogens with zero attached hydrogens (tertiary/aromatic N) is 2. The fraction of sp³-hybridized carbons (Fsp3) is 0.0588. The maximum atomic E-state index is 13.2. The molecule has 4 nitrogen and oxygen atoms in total. The molecule has 1 aromatic heterocycles. The summed E-state index contributed by atoms with van der Waals surface area (Å²) in [4.78, 5) is 0. The Kier molecular flexibility index (Phi) is 5.25. The molecule has 0 bridgehead atoms. The van der Waals surface area contributed by atoms with Gasteiger partial charge < -0.3 is 10.6 Å². The molecule has 0 saturated carbocycles. The van der Waals surface area contributed by atoms with Crippen LogP contribution in [0.3, 0.4) is 0 Å². The van der Waals surface area contributed by atoms with Crippen molar-refractivity contribution in [2.75, 3.05) is 10.6 Å². The third-order valence-corrected chi connectivity index (χ3v) is 3.88. The smallest absolute Gasteiger partial charge is 0.175 e. The highest BCUT2D eigenvalue weighted by Crippen LogP contribution is 2.19. The number of thiocarbonyl (C=S) groups is 1. The summed E-state index contributed by atoms with van der Waals surface area (Å²) in [5.41, 5.74) is 1.95. The zero-order valence-electron chi connectivity index (χ0n) is 12.8. The maximum absolute atomic E-state index is 13.2. The van der Waals surface area contributed by atoms with E-state index < -0.39 is 0 Å². The minimum atomic E-state index is -0.384. The fourth-order valence-corrected chi connectivity index (χ4v) is 2.66. The zero-order valence-corrected chi connectivity index (χ0v) is 14.4. The van der Waals surface area contributed by atoms with Crippen molar-refractivity contribution >= 4 is 40.3 Å². The van der Waals surface area contributed by atoms with Gasteiger partial charge in [-0.3, -0.25) is 4.68 Å². The van der Waals surface area contributed by atoms with E-state index >= 15 is 0 Å². The van der Waals surface area contributed by atoms with E-state index in [-0.39, 0.29) is 11.6 Å². The number of aromatic nitrogens is 2.